The molecule has 2 aliphatic heterocycles. The molecule has 3 nitrogen and oxygen atoms in total. The van der Waals surface area contributed by atoms with Crippen molar-refractivity contribution in [2.24, 2.45) is 11.8 Å². The van der Waals surface area contributed by atoms with Gasteiger partial charge in [0, 0.05) is 28.5 Å². The molecule has 0 aliphatic carbocycles. The van der Waals surface area contributed by atoms with Gasteiger partial charge in [0.2, 0.25) is 5.71 Å². The molecule has 26 heavy (non-hydrogen) atoms. The third kappa shape index (κ3) is 2.26. The van der Waals surface area contributed by atoms with Gasteiger partial charge in [-0.05, 0) is 49.1 Å². The molecule has 2 aliphatic rings. The van der Waals surface area contributed by atoms with E-state index in [1.54, 1.807) is 0 Å². The van der Waals surface area contributed by atoms with Crippen molar-refractivity contribution < 1.29 is 8.99 Å². The molecule has 0 amide bonds. The summed E-state index contributed by atoms with van der Waals surface area (Å²) in [5, 5.41) is 2.31. The highest BCUT2D eigenvalue weighted by Gasteiger charge is 2.35. The Labute approximate surface area is 154 Å². The van der Waals surface area contributed by atoms with Crippen LogP contribution < -0.4 is 0 Å². The van der Waals surface area contributed by atoms with E-state index in [0.29, 0.717) is 5.92 Å². The molecule has 5 rings (SSSR count). The summed E-state index contributed by atoms with van der Waals surface area (Å²) in [5.74, 6) is 1.43. The maximum atomic E-state index is 6.05. The Hall–Kier alpha value is -2.42. The summed E-state index contributed by atoms with van der Waals surface area (Å²) < 4.78 is 8.47. The van der Waals surface area contributed by atoms with Crippen molar-refractivity contribution in [2.45, 2.75) is 46.6 Å². The normalized spacial score (nSPS) is 19.0. The predicted octanol–water partition coefficient (Wildman–Crippen LogP) is 5.57. The minimum absolute atomic E-state index is 0.656. The van der Waals surface area contributed by atoms with Gasteiger partial charge in [0.15, 0.2) is 18.5 Å². The van der Waals surface area contributed by atoms with Gasteiger partial charge >= 0.3 is 0 Å². The minimum atomic E-state index is 0.656. The number of fused-ring (bicyclic) bond motifs is 5. The van der Waals surface area contributed by atoms with Gasteiger partial charge in [0.25, 0.3) is 0 Å². The van der Waals surface area contributed by atoms with Crippen LogP contribution in [0.15, 0.2) is 41.0 Å². The second-order valence-corrected chi connectivity index (χ2v) is 7.77. The molecule has 0 fully saturated rings. The van der Waals surface area contributed by atoms with Crippen LogP contribution in [0.25, 0.3) is 22.1 Å². The molecule has 0 radical (unpaired) electrons. The average molecular weight is 345 g/mol. The molecule has 0 saturated heterocycles. The van der Waals surface area contributed by atoms with E-state index in [2.05, 4.69) is 59.9 Å². The maximum absolute atomic E-state index is 6.05. The van der Waals surface area contributed by atoms with Crippen molar-refractivity contribution in [1.29, 1.82) is 0 Å². The molecule has 132 valence electrons. The Balaban J connectivity index is 1.62. The molecule has 2 aromatic heterocycles. The number of aromatic nitrogens is 1. The van der Waals surface area contributed by atoms with E-state index in [1.165, 1.54) is 35.1 Å². The van der Waals surface area contributed by atoms with E-state index in [0.717, 1.165) is 41.3 Å². The lowest BCUT2D eigenvalue weighted by molar-refractivity contribution is -0.472. The van der Waals surface area contributed by atoms with Crippen LogP contribution in [0, 0.1) is 18.8 Å². The number of nitrogens with zero attached hydrogens (tertiary/aromatic N) is 2. The van der Waals surface area contributed by atoms with Crippen LogP contribution in [0.3, 0.4) is 0 Å². The number of furan rings is 1. The van der Waals surface area contributed by atoms with Crippen LogP contribution >= 0.6 is 0 Å². The number of hydrogen-bond donors (Lipinski definition) is 0. The quantitative estimate of drug-likeness (QED) is 0.580. The van der Waals surface area contributed by atoms with Gasteiger partial charge in [-0.3, -0.25) is 0 Å². The van der Waals surface area contributed by atoms with E-state index >= 15 is 0 Å². The largest absolute Gasteiger partial charge is 0.438 e. The lowest BCUT2D eigenvalue weighted by atomic mass is 9.82. The lowest BCUT2D eigenvalue weighted by Crippen LogP contribution is -2.23. The van der Waals surface area contributed by atoms with Crippen LogP contribution in [0.5, 0.6) is 0 Å². The summed E-state index contributed by atoms with van der Waals surface area (Å²) >= 11 is 0. The minimum Gasteiger partial charge on any atom is -0.438 e. The molecule has 4 heterocycles. The van der Waals surface area contributed by atoms with Crippen LogP contribution in [-0.2, 0) is 6.54 Å². The first-order chi connectivity index (χ1) is 12.7. The summed E-state index contributed by atoms with van der Waals surface area (Å²) in [5.41, 5.74) is 6.96. The number of rotatable bonds is 3. The lowest BCUT2D eigenvalue weighted by Gasteiger charge is -2.22. The second-order valence-electron chi connectivity index (χ2n) is 7.77. The Morgan fingerprint density at radius 3 is 2.85 bits per heavy atom. The number of benzene rings is 1. The van der Waals surface area contributed by atoms with Gasteiger partial charge < -0.3 is 4.42 Å². The zero-order valence-corrected chi connectivity index (χ0v) is 15.7. The molecule has 3 aromatic rings. The molecular weight excluding hydrogens is 320 g/mol. The van der Waals surface area contributed by atoms with E-state index < -0.39 is 0 Å². The predicted molar refractivity (Wildman–Crippen MR) is 106 cm³/mol. The molecule has 0 N–H and O–H groups in total. The van der Waals surface area contributed by atoms with E-state index in [-0.39, 0.29) is 0 Å². The summed E-state index contributed by atoms with van der Waals surface area (Å²) in [6.45, 7) is 7.60. The van der Waals surface area contributed by atoms with Crippen LogP contribution in [0.1, 0.15) is 49.9 Å². The number of pyridine rings is 1. The topological polar surface area (TPSA) is 29.0 Å². The molecule has 1 atom stereocenters. The molecular formula is C23H25N2O+. The zero-order valence-electron chi connectivity index (χ0n) is 15.7. The first kappa shape index (κ1) is 15.8. The standard InChI is InChI=1S/C23H25N2O/c1-4-15(5-2)16-8-9-25-13-17-11-22-20(12-19(17)21(25)10-16)18-7-6-14(3)24-23(18)26-22/h6-9,11-12,15-16H,4-5,10,13H2,1-3H3/q+1/t16-/m1/s1. The van der Waals surface area contributed by atoms with Crippen LogP contribution in [0.2, 0.25) is 0 Å². The van der Waals surface area contributed by atoms with Crippen LogP contribution in [-0.4, -0.2) is 15.3 Å². The highest BCUT2D eigenvalue weighted by atomic mass is 16.3. The monoisotopic (exact) mass is 345 g/mol. The third-order valence-corrected chi connectivity index (χ3v) is 6.30. The highest BCUT2D eigenvalue weighted by molar-refractivity contribution is 6.09. The Morgan fingerprint density at radius 1 is 1.19 bits per heavy atom. The fourth-order valence-electron chi connectivity index (χ4n) is 4.76. The average Bonchev–Trinajstić information content (AvgIpc) is 3.17. The summed E-state index contributed by atoms with van der Waals surface area (Å²) in [6, 6.07) is 8.77. The van der Waals surface area contributed by atoms with E-state index in [1.807, 2.05) is 6.92 Å². The molecule has 0 unspecified atom stereocenters. The first-order valence-electron chi connectivity index (χ1n) is 9.81. The van der Waals surface area contributed by atoms with Crippen LogP contribution in [0.4, 0.5) is 0 Å². The molecule has 0 bridgehead atoms. The van der Waals surface area contributed by atoms with Gasteiger partial charge in [-0.15, -0.1) is 0 Å². The van der Waals surface area contributed by atoms with Gasteiger partial charge in [-0.25, -0.2) is 4.98 Å². The van der Waals surface area contributed by atoms with E-state index in [4.69, 9.17) is 4.42 Å². The summed E-state index contributed by atoms with van der Waals surface area (Å²) in [7, 11) is 0. The fraction of sp³-hybridized carbons (Fsp3) is 0.391. The Kier molecular flexibility index (Phi) is 3.53. The third-order valence-electron chi connectivity index (χ3n) is 6.30. The van der Waals surface area contributed by atoms with Crippen molar-refractivity contribution in [3.05, 3.63) is 53.4 Å². The van der Waals surface area contributed by atoms with Crippen molar-refractivity contribution in [2.75, 3.05) is 0 Å². The smallest absolute Gasteiger partial charge is 0.227 e. The van der Waals surface area contributed by atoms with Crippen molar-refractivity contribution in [3.8, 4) is 0 Å². The van der Waals surface area contributed by atoms with Crippen molar-refractivity contribution in [3.63, 3.8) is 0 Å². The van der Waals surface area contributed by atoms with Crippen molar-refractivity contribution in [1.82, 2.24) is 4.98 Å². The Bertz CT molecular complexity index is 1080. The van der Waals surface area contributed by atoms with Gasteiger partial charge in [0.05, 0.1) is 5.56 Å². The first-order valence-corrected chi connectivity index (χ1v) is 9.81. The molecule has 0 spiro atoms. The molecule has 1 aromatic carbocycles. The summed E-state index contributed by atoms with van der Waals surface area (Å²) in [4.78, 5) is 4.56. The zero-order chi connectivity index (χ0) is 17.8. The van der Waals surface area contributed by atoms with Gasteiger partial charge in [-0.2, -0.15) is 4.58 Å². The molecule has 0 saturated carbocycles. The second kappa shape index (κ2) is 5.80. The van der Waals surface area contributed by atoms with Crippen molar-refractivity contribution >= 4 is 27.8 Å². The fourth-order valence-corrected chi connectivity index (χ4v) is 4.76. The SMILES string of the molecule is CCC(CC)[C@@H]1C=C[N+]2=C(C1)c1cc3c(cc1C2)oc1nc(C)ccc13. The highest BCUT2D eigenvalue weighted by Crippen LogP contribution is 2.36. The van der Waals surface area contributed by atoms with Gasteiger partial charge in [-0.1, -0.05) is 26.7 Å². The van der Waals surface area contributed by atoms with E-state index in [9.17, 15) is 0 Å². The number of allylic oxidation sites excluding steroid dienone is 1. The van der Waals surface area contributed by atoms with Gasteiger partial charge in [0.1, 0.15) is 5.58 Å². The maximum Gasteiger partial charge on any atom is 0.227 e. The molecule has 3 heteroatoms. The number of aryl methyl sites for hydroxylation is 1. The Morgan fingerprint density at radius 2 is 2.04 bits per heavy atom. The number of hydrogen-bond acceptors (Lipinski definition) is 2. The summed E-state index contributed by atoms with van der Waals surface area (Å²) in [6.07, 6.45) is 8.39.